The molecule has 0 saturated heterocycles. The Morgan fingerprint density at radius 2 is 1.72 bits per heavy atom. The number of benzene rings is 2. The molecular weight excluding hydrogens is 310 g/mol. The third kappa shape index (κ3) is 5.09. The van der Waals surface area contributed by atoms with E-state index in [1.165, 1.54) is 11.1 Å². The average Bonchev–Trinajstić information content (AvgIpc) is 2.62. The van der Waals surface area contributed by atoms with E-state index >= 15 is 0 Å². The van der Waals surface area contributed by atoms with Crippen LogP contribution < -0.4 is 10.1 Å². The highest BCUT2D eigenvalue weighted by molar-refractivity contribution is 5.81. The summed E-state index contributed by atoms with van der Waals surface area (Å²) in [6.45, 7) is 10.2. The van der Waals surface area contributed by atoms with Crippen LogP contribution in [0.5, 0.6) is 5.75 Å². The first-order valence-electron chi connectivity index (χ1n) is 9.07. The molecule has 2 aromatic rings. The number of hydrogen-bond acceptors (Lipinski definition) is 2. The Morgan fingerprint density at radius 1 is 1.04 bits per heavy atom. The van der Waals surface area contributed by atoms with Crippen molar-refractivity contribution in [2.24, 2.45) is 0 Å². The van der Waals surface area contributed by atoms with Crippen molar-refractivity contribution in [2.75, 3.05) is 0 Å². The number of carbonyl (C=O) groups is 1. The molecule has 25 heavy (non-hydrogen) atoms. The summed E-state index contributed by atoms with van der Waals surface area (Å²) in [6, 6.07) is 14.3. The smallest absolute Gasteiger partial charge is 0.261 e. The van der Waals surface area contributed by atoms with Gasteiger partial charge in [-0.2, -0.15) is 0 Å². The summed E-state index contributed by atoms with van der Waals surface area (Å²) in [6.07, 6.45) is 1.16. The summed E-state index contributed by atoms with van der Waals surface area (Å²) in [5.41, 5.74) is 4.78. The first-order chi connectivity index (χ1) is 11.9. The lowest BCUT2D eigenvalue weighted by atomic mass is 10.0. The van der Waals surface area contributed by atoms with Gasteiger partial charge in [0.25, 0.3) is 5.91 Å². The number of nitrogens with one attached hydrogen (secondary N) is 1. The summed E-state index contributed by atoms with van der Waals surface area (Å²) in [5.74, 6) is 0.665. The minimum absolute atomic E-state index is 0.0455. The molecule has 0 aliphatic rings. The normalized spacial score (nSPS) is 13.2. The van der Waals surface area contributed by atoms with Crippen LogP contribution in [0, 0.1) is 13.8 Å². The monoisotopic (exact) mass is 339 g/mol. The lowest BCUT2D eigenvalue weighted by Crippen LogP contribution is -2.39. The molecule has 0 fully saturated rings. The standard InChI is InChI=1S/C22H29NO2/c1-6-18-9-11-19(12-10-18)17(5)23-22(24)21(7-2)25-20-13-8-15(3)16(4)14-20/h8-14,17,21H,6-7H2,1-5H3,(H,23,24)/t17-,21+/m1/s1. The predicted octanol–water partition coefficient (Wildman–Crippen LogP) is 4.90. The van der Waals surface area contributed by atoms with Crippen LogP contribution in [0.2, 0.25) is 0 Å². The van der Waals surface area contributed by atoms with Gasteiger partial charge in [0.05, 0.1) is 6.04 Å². The summed E-state index contributed by atoms with van der Waals surface area (Å²) < 4.78 is 5.92. The van der Waals surface area contributed by atoms with Gasteiger partial charge in [0.1, 0.15) is 5.75 Å². The van der Waals surface area contributed by atoms with Crippen molar-refractivity contribution in [3.63, 3.8) is 0 Å². The molecule has 1 N–H and O–H groups in total. The third-order valence-corrected chi connectivity index (χ3v) is 4.67. The molecule has 2 rings (SSSR count). The van der Waals surface area contributed by atoms with E-state index in [0.29, 0.717) is 6.42 Å². The molecule has 0 aliphatic carbocycles. The molecule has 0 unspecified atom stereocenters. The minimum Gasteiger partial charge on any atom is -0.481 e. The van der Waals surface area contributed by atoms with Crippen molar-refractivity contribution in [3.8, 4) is 5.75 Å². The molecule has 3 heteroatoms. The van der Waals surface area contributed by atoms with Gasteiger partial charge in [-0.1, -0.05) is 44.2 Å². The fourth-order valence-electron chi connectivity index (χ4n) is 2.71. The molecule has 134 valence electrons. The van der Waals surface area contributed by atoms with Crippen molar-refractivity contribution in [3.05, 3.63) is 64.7 Å². The highest BCUT2D eigenvalue weighted by Crippen LogP contribution is 2.19. The molecule has 3 nitrogen and oxygen atoms in total. The number of carbonyl (C=O) groups excluding carboxylic acids is 1. The van der Waals surface area contributed by atoms with E-state index in [9.17, 15) is 4.79 Å². The zero-order valence-electron chi connectivity index (χ0n) is 15.9. The first kappa shape index (κ1) is 19.0. The molecule has 0 spiro atoms. The second-order valence-corrected chi connectivity index (χ2v) is 6.59. The van der Waals surface area contributed by atoms with E-state index < -0.39 is 6.10 Å². The zero-order chi connectivity index (χ0) is 18.4. The lowest BCUT2D eigenvalue weighted by Gasteiger charge is -2.21. The molecule has 1 amide bonds. The Bertz CT molecular complexity index is 706. The molecule has 0 aromatic heterocycles. The Hall–Kier alpha value is -2.29. The fraction of sp³-hybridized carbons (Fsp3) is 0.409. The van der Waals surface area contributed by atoms with E-state index in [1.54, 1.807) is 0 Å². The largest absolute Gasteiger partial charge is 0.481 e. The number of aryl methyl sites for hydroxylation is 3. The Balaban J connectivity index is 2.01. The van der Waals surface area contributed by atoms with Gasteiger partial charge in [0.15, 0.2) is 6.10 Å². The highest BCUT2D eigenvalue weighted by atomic mass is 16.5. The van der Waals surface area contributed by atoms with Gasteiger partial charge in [-0.05, 0) is 68.0 Å². The van der Waals surface area contributed by atoms with Crippen LogP contribution >= 0.6 is 0 Å². The maximum absolute atomic E-state index is 12.6. The van der Waals surface area contributed by atoms with E-state index in [0.717, 1.165) is 23.3 Å². The third-order valence-electron chi connectivity index (χ3n) is 4.67. The topological polar surface area (TPSA) is 38.3 Å². The van der Waals surface area contributed by atoms with Crippen LogP contribution in [-0.2, 0) is 11.2 Å². The molecule has 0 heterocycles. The van der Waals surface area contributed by atoms with E-state index in [2.05, 4.69) is 43.4 Å². The number of amides is 1. The van der Waals surface area contributed by atoms with Crippen molar-refractivity contribution < 1.29 is 9.53 Å². The zero-order valence-corrected chi connectivity index (χ0v) is 15.9. The van der Waals surface area contributed by atoms with Crippen LogP contribution in [0.25, 0.3) is 0 Å². The van der Waals surface area contributed by atoms with Crippen molar-refractivity contribution >= 4 is 5.91 Å². The van der Waals surface area contributed by atoms with Gasteiger partial charge in [0, 0.05) is 0 Å². The Morgan fingerprint density at radius 3 is 2.28 bits per heavy atom. The lowest BCUT2D eigenvalue weighted by molar-refractivity contribution is -0.128. The summed E-state index contributed by atoms with van der Waals surface area (Å²) >= 11 is 0. The van der Waals surface area contributed by atoms with E-state index in [4.69, 9.17) is 4.74 Å². The Labute approximate surface area is 151 Å². The summed E-state index contributed by atoms with van der Waals surface area (Å²) in [4.78, 5) is 12.6. The Kier molecular flexibility index (Phi) is 6.63. The minimum atomic E-state index is -0.487. The van der Waals surface area contributed by atoms with Gasteiger partial charge in [-0.15, -0.1) is 0 Å². The van der Waals surface area contributed by atoms with Gasteiger partial charge >= 0.3 is 0 Å². The van der Waals surface area contributed by atoms with Crippen LogP contribution in [0.3, 0.4) is 0 Å². The summed E-state index contributed by atoms with van der Waals surface area (Å²) in [5, 5.41) is 3.07. The first-order valence-corrected chi connectivity index (χ1v) is 9.07. The predicted molar refractivity (Wildman–Crippen MR) is 103 cm³/mol. The molecule has 0 bridgehead atoms. The van der Waals surface area contributed by atoms with Crippen LogP contribution in [0.4, 0.5) is 0 Å². The maximum atomic E-state index is 12.6. The van der Waals surface area contributed by atoms with Gasteiger partial charge in [-0.3, -0.25) is 4.79 Å². The summed E-state index contributed by atoms with van der Waals surface area (Å²) in [7, 11) is 0. The van der Waals surface area contributed by atoms with Crippen LogP contribution in [-0.4, -0.2) is 12.0 Å². The quantitative estimate of drug-likeness (QED) is 0.779. The second-order valence-electron chi connectivity index (χ2n) is 6.59. The molecule has 2 aromatic carbocycles. The number of hydrogen-bond donors (Lipinski definition) is 1. The van der Waals surface area contributed by atoms with Crippen molar-refractivity contribution in [2.45, 2.75) is 59.6 Å². The van der Waals surface area contributed by atoms with Gasteiger partial charge in [0.2, 0.25) is 0 Å². The highest BCUT2D eigenvalue weighted by Gasteiger charge is 2.20. The van der Waals surface area contributed by atoms with Crippen molar-refractivity contribution in [1.82, 2.24) is 5.32 Å². The van der Waals surface area contributed by atoms with E-state index in [1.807, 2.05) is 39.0 Å². The van der Waals surface area contributed by atoms with E-state index in [-0.39, 0.29) is 11.9 Å². The SMILES string of the molecule is CCc1ccc([C@@H](C)NC(=O)[C@H](CC)Oc2ccc(C)c(C)c2)cc1. The van der Waals surface area contributed by atoms with Gasteiger partial charge in [-0.25, -0.2) is 0 Å². The molecule has 0 radical (unpaired) electrons. The number of rotatable bonds is 7. The molecular formula is C22H29NO2. The second kappa shape index (κ2) is 8.70. The number of ether oxygens (including phenoxy) is 1. The average molecular weight is 339 g/mol. The fourth-order valence-corrected chi connectivity index (χ4v) is 2.71. The van der Waals surface area contributed by atoms with Crippen LogP contribution in [0.1, 0.15) is 55.5 Å². The molecule has 0 saturated carbocycles. The van der Waals surface area contributed by atoms with Gasteiger partial charge < -0.3 is 10.1 Å². The van der Waals surface area contributed by atoms with Crippen LogP contribution in [0.15, 0.2) is 42.5 Å². The molecule has 0 aliphatic heterocycles. The maximum Gasteiger partial charge on any atom is 0.261 e. The van der Waals surface area contributed by atoms with Crippen molar-refractivity contribution in [1.29, 1.82) is 0 Å². The molecule has 2 atom stereocenters.